The highest BCUT2D eigenvalue weighted by atomic mass is 19.1. The van der Waals surface area contributed by atoms with Crippen LogP contribution in [0.3, 0.4) is 0 Å². The number of halogens is 1. The van der Waals surface area contributed by atoms with Gasteiger partial charge in [-0.15, -0.1) is 0 Å². The summed E-state index contributed by atoms with van der Waals surface area (Å²) in [6.45, 7) is 4.24. The lowest BCUT2D eigenvalue weighted by Gasteiger charge is -2.17. The third-order valence-electron chi connectivity index (χ3n) is 3.54. The molecule has 0 heterocycles. The molecule has 0 fully saturated rings. The Morgan fingerprint density at radius 2 is 1.84 bits per heavy atom. The molecule has 0 saturated heterocycles. The molecule has 0 radical (unpaired) electrons. The lowest BCUT2D eigenvalue weighted by Crippen LogP contribution is -2.14. The van der Waals surface area contributed by atoms with Gasteiger partial charge in [-0.3, -0.25) is 0 Å². The fourth-order valence-corrected chi connectivity index (χ4v) is 2.36. The molecule has 1 nitrogen and oxygen atoms in total. The average molecular weight is 257 g/mol. The van der Waals surface area contributed by atoms with Crippen molar-refractivity contribution in [2.75, 3.05) is 0 Å². The van der Waals surface area contributed by atoms with Crippen molar-refractivity contribution in [2.24, 2.45) is 5.73 Å². The topological polar surface area (TPSA) is 26.0 Å². The summed E-state index contributed by atoms with van der Waals surface area (Å²) >= 11 is 0. The molecule has 2 aromatic carbocycles. The molecule has 2 N–H and O–H groups in total. The first-order valence-electron chi connectivity index (χ1n) is 6.78. The van der Waals surface area contributed by atoms with Gasteiger partial charge in [0.15, 0.2) is 0 Å². The second-order valence-corrected chi connectivity index (χ2v) is 4.77. The molecule has 0 aliphatic heterocycles. The monoisotopic (exact) mass is 257 g/mol. The standard InChI is InChI=1S/C17H20FN/c1-3-12-8-9-13(4-2)16(10-12)17(19)14-6-5-7-15(18)11-14/h5-11,17H,3-4,19H2,1-2H3. The molecule has 1 atom stereocenters. The summed E-state index contributed by atoms with van der Waals surface area (Å²) < 4.78 is 13.3. The van der Waals surface area contributed by atoms with Gasteiger partial charge >= 0.3 is 0 Å². The fraction of sp³-hybridized carbons (Fsp3) is 0.294. The molecule has 2 aromatic rings. The Morgan fingerprint density at radius 1 is 1.05 bits per heavy atom. The second-order valence-electron chi connectivity index (χ2n) is 4.77. The highest BCUT2D eigenvalue weighted by Crippen LogP contribution is 2.25. The molecular formula is C17H20FN. The van der Waals surface area contributed by atoms with Crippen molar-refractivity contribution in [3.8, 4) is 0 Å². The Morgan fingerprint density at radius 3 is 2.47 bits per heavy atom. The zero-order chi connectivity index (χ0) is 13.8. The minimum atomic E-state index is -0.267. The number of hydrogen-bond donors (Lipinski definition) is 1. The smallest absolute Gasteiger partial charge is 0.123 e. The highest BCUT2D eigenvalue weighted by molar-refractivity contribution is 5.40. The molecule has 0 aliphatic carbocycles. The average Bonchev–Trinajstić information content (AvgIpc) is 2.45. The second kappa shape index (κ2) is 5.98. The van der Waals surface area contributed by atoms with Crippen LogP contribution in [-0.4, -0.2) is 0 Å². The van der Waals surface area contributed by atoms with E-state index < -0.39 is 0 Å². The summed E-state index contributed by atoms with van der Waals surface area (Å²) in [6, 6.07) is 12.7. The van der Waals surface area contributed by atoms with Crippen LogP contribution < -0.4 is 5.73 Å². The van der Waals surface area contributed by atoms with Crippen LogP contribution in [0, 0.1) is 5.82 Å². The van der Waals surface area contributed by atoms with Crippen LogP contribution in [0.2, 0.25) is 0 Å². The van der Waals surface area contributed by atoms with E-state index in [2.05, 4.69) is 32.0 Å². The summed E-state index contributed by atoms with van der Waals surface area (Å²) in [5.74, 6) is -0.238. The molecule has 0 bridgehead atoms. The summed E-state index contributed by atoms with van der Waals surface area (Å²) in [5.41, 5.74) is 10.7. The summed E-state index contributed by atoms with van der Waals surface area (Å²) in [4.78, 5) is 0. The van der Waals surface area contributed by atoms with Gasteiger partial charge in [-0.05, 0) is 47.2 Å². The van der Waals surface area contributed by atoms with Crippen molar-refractivity contribution in [3.05, 3.63) is 70.5 Å². The summed E-state index contributed by atoms with van der Waals surface area (Å²) in [7, 11) is 0. The molecule has 19 heavy (non-hydrogen) atoms. The number of hydrogen-bond acceptors (Lipinski definition) is 1. The van der Waals surface area contributed by atoms with Crippen molar-refractivity contribution in [2.45, 2.75) is 32.7 Å². The molecule has 0 spiro atoms. The lowest BCUT2D eigenvalue weighted by atomic mass is 9.92. The number of benzene rings is 2. The fourth-order valence-electron chi connectivity index (χ4n) is 2.36. The van der Waals surface area contributed by atoms with Gasteiger partial charge in [0.05, 0.1) is 6.04 Å². The number of nitrogens with two attached hydrogens (primary N) is 1. The minimum Gasteiger partial charge on any atom is -0.320 e. The van der Waals surface area contributed by atoms with E-state index in [0.717, 1.165) is 24.0 Å². The van der Waals surface area contributed by atoms with Gasteiger partial charge in [0.25, 0.3) is 0 Å². The summed E-state index contributed by atoms with van der Waals surface area (Å²) in [5, 5.41) is 0. The van der Waals surface area contributed by atoms with Gasteiger partial charge < -0.3 is 5.73 Å². The summed E-state index contributed by atoms with van der Waals surface area (Å²) in [6.07, 6.45) is 1.91. The number of aryl methyl sites for hydroxylation is 2. The van der Waals surface area contributed by atoms with E-state index in [0.29, 0.717) is 0 Å². The first-order chi connectivity index (χ1) is 9.15. The quantitative estimate of drug-likeness (QED) is 0.880. The first-order valence-corrected chi connectivity index (χ1v) is 6.78. The molecular weight excluding hydrogens is 237 g/mol. The zero-order valence-corrected chi connectivity index (χ0v) is 11.5. The van der Waals surface area contributed by atoms with Crippen LogP contribution >= 0.6 is 0 Å². The van der Waals surface area contributed by atoms with Crippen LogP contribution in [0.1, 0.15) is 42.1 Å². The van der Waals surface area contributed by atoms with Crippen molar-refractivity contribution < 1.29 is 4.39 Å². The molecule has 0 aliphatic rings. The van der Waals surface area contributed by atoms with Crippen LogP contribution in [-0.2, 0) is 12.8 Å². The SMILES string of the molecule is CCc1ccc(CC)c(C(N)c2cccc(F)c2)c1. The molecule has 2 heteroatoms. The maximum absolute atomic E-state index is 13.3. The van der Waals surface area contributed by atoms with Crippen molar-refractivity contribution in [1.29, 1.82) is 0 Å². The van der Waals surface area contributed by atoms with Crippen LogP contribution in [0.25, 0.3) is 0 Å². The molecule has 0 saturated carbocycles. The minimum absolute atomic E-state index is 0.238. The third kappa shape index (κ3) is 3.02. The van der Waals surface area contributed by atoms with Crippen LogP contribution in [0.4, 0.5) is 4.39 Å². The molecule has 1 unspecified atom stereocenters. The van der Waals surface area contributed by atoms with Crippen molar-refractivity contribution >= 4 is 0 Å². The Kier molecular flexibility index (Phi) is 4.33. The third-order valence-corrected chi connectivity index (χ3v) is 3.54. The van der Waals surface area contributed by atoms with E-state index in [4.69, 9.17) is 5.73 Å². The lowest BCUT2D eigenvalue weighted by molar-refractivity contribution is 0.623. The largest absolute Gasteiger partial charge is 0.320 e. The zero-order valence-electron chi connectivity index (χ0n) is 11.5. The maximum Gasteiger partial charge on any atom is 0.123 e. The van der Waals surface area contributed by atoms with E-state index in [1.165, 1.54) is 23.3 Å². The van der Waals surface area contributed by atoms with Crippen LogP contribution in [0.15, 0.2) is 42.5 Å². The number of rotatable bonds is 4. The van der Waals surface area contributed by atoms with E-state index in [9.17, 15) is 4.39 Å². The van der Waals surface area contributed by atoms with Crippen molar-refractivity contribution in [3.63, 3.8) is 0 Å². The highest BCUT2D eigenvalue weighted by Gasteiger charge is 2.13. The predicted molar refractivity (Wildman–Crippen MR) is 77.6 cm³/mol. The molecule has 0 aromatic heterocycles. The van der Waals surface area contributed by atoms with Gasteiger partial charge in [0, 0.05) is 0 Å². The van der Waals surface area contributed by atoms with Gasteiger partial charge in [-0.2, -0.15) is 0 Å². The molecule has 2 rings (SSSR count). The molecule has 0 amide bonds. The van der Waals surface area contributed by atoms with Gasteiger partial charge in [-0.1, -0.05) is 44.2 Å². The molecule has 100 valence electrons. The van der Waals surface area contributed by atoms with Crippen molar-refractivity contribution in [1.82, 2.24) is 0 Å². The van der Waals surface area contributed by atoms with Crippen LogP contribution in [0.5, 0.6) is 0 Å². The Bertz CT molecular complexity index is 563. The van der Waals surface area contributed by atoms with Gasteiger partial charge in [0.2, 0.25) is 0 Å². The Balaban J connectivity index is 2.44. The van der Waals surface area contributed by atoms with E-state index in [1.807, 2.05) is 6.07 Å². The Hall–Kier alpha value is -1.67. The Labute approximate surface area is 114 Å². The van der Waals surface area contributed by atoms with Gasteiger partial charge in [0.1, 0.15) is 5.82 Å². The van der Waals surface area contributed by atoms with E-state index in [1.54, 1.807) is 6.07 Å². The first kappa shape index (κ1) is 13.8. The maximum atomic E-state index is 13.3. The van der Waals surface area contributed by atoms with E-state index in [-0.39, 0.29) is 11.9 Å². The van der Waals surface area contributed by atoms with Gasteiger partial charge in [-0.25, -0.2) is 4.39 Å². The van der Waals surface area contributed by atoms with E-state index >= 15 is 0 Å². The normalized spacial score (nSPS) is 12.4. The predicted octanol–water partition coefficient (Wildman–Crippen LogP) is 4.00.